The molecule has 0 heterocycles. The summed E-state index contributed by atoms with van der Waals surface area (Å²) in [6.07, 6.45) is 1.63. The predicted octanol–water partition coefficient (Wildman–Crippen LogP) is 2.85. The number of rotatable bonds is 2. The number of para-hydroxylation sites is 1. The van der Waals surface area contributed by atoms with E-state index in [-0.39, 0.29) is 11.5 Å². The van der Waals surface area contributed by atoms with Crippen LogP contribution in [0.1, 0.15) is 5.56 Å². The number of phenolic OH excluding ortho intramolecular Hbond substituents is 2. The summed E-state index contributed by atoms with van der Waals surface area (Å²) in [5.74, 6) is -0.270. The Morgan fingerprint density at radius 3 is 2.31 bits per heavy atom. The highest BCUT2D eigenvalue weighted by Crippen LogP contribution is 2.24. The molecule has 0 saturated heterocycles. The van der Waals surface area contributed by atoms with Gasteiger partial charge in [0.25, 0.3) is 0 Å². The van der Waals surface area contributed by atoms with Gasteiger partial charge in [0.05, 0.1) is 5.69 Å². The van der Waals surface area contributed by atoms with Gasteiger partial charge in [0.15, 0.2) is 11.5 Å². The molecule has 0 aromatic heterocycles. The van der Waals surface area contributed by atoms with E-state index in [1.54, 1.807) is 12.3 Å². The van der Waals surface area contributed by atoms with Crippen molar-refractivity contribution in [1.29, 1.82) is 0 Å². The van der Waals surface area contributed by atoms with Gasteiger partial charge in [0.2, 0.25) is 0 Å². The third-order valence-electron chi connectivity index (χ3n) is 2.12. The van der Waals surface area contributed by atoms with Crippen LogP contribution < -0.4 is 0 Å². The molecule has 0 radical (unpaired) electrons. The number of hydrogen-bond donors (Lipinski definition) is 2. The van der Waals surface area contributed by atoms with Gasteiger partial charge in [0.1, 0.15) is 0 Å². The summed E-state index contributed by atoms with van der Waals surface area (Å²) in [4.78, 5) is 4.23. The summed E-state index contributed by atoms with van der Waals surface area (Å²) in [6, 6.07) is 14.1. The van der Waals surface area contributed by atoms with E-state index in [1.807, 2.05) is 30.3 Å². The van der Waals surface area contributed by atoms with E-state index in [0.717, 1.165) is 11.3 Å². The molecular formula is C13H11NO2. The minimum absolute atomic E-state index is 0.128. The molecule has 2 rings (SSSR count). The first-order valence-electron chi connectivity index (χ1n) is 4.87. The second kappa shape index (κ2) is 4.49. The van der Waals surface area contributed by atoms with Crippen molar-refractivity contribution >= 4 is 11.9 Å². The molecule has 0 aliphatic rings. The molecule has 16 heavy (non-hydrogen) atoms. The third-order valence-corrected chi connectivity index (χ3v) is 2.12. The fraction of sp³-hybridized carbons (Fsp3) is 0. The minimum Gasteiger partial charge on any atom is -0.504 e. The van der Waals surface area contributed by atoms with Crippen molar-refractivity contribution in [2.75, 3.05) is 0 Å². The van der Waals surface area contributed by atoms with E-state index in [1.165, 1.54) is 12.1 Å². The smallest absolute Gasteiger partial charge is 0.158 e. The van der Waals surface area contributed by atoms with Crippen molar-refractivity contribution < 1.29 is 10.2 Å². The van der Waals surface area contributed by atoms with Gasteiger partial charge in [-0.3, -0.25) is 4.99 Å². The monoisotopic (exact) mass is 213 g/mol. The molecule has 80 valence electrons. The van der Waals surface area contributed by atoms with Gasteiger partial charge in [0, 0.05) is 6.21 Å². The highest BCUT2D eigenvalue weighted by molar-refractivity contribution is 5.82. The van der Waals surface area contributed by atoms with Crippen molar-refractivity contribution in [3.63, 3.8) is 0 Å². The van der Waals surface area contributed by atoms with Crippen molar-refractivity contribution in [3.8, 4) is 11.5 Å². The predicted molar refractivity (Wildman–Crippen MR) is 63.5 cm³/mol. The second-order valence-corrected chi connectivity index (χ2v) is 3.34. The van der Waals surface area contributed by atoms with Gasteiger partial charge < -0.3 is 10.2 Å². The van der Waals surface area contributed by atoms with Crippen LogP contribution in [0.3, 0.4) is 0 Å². The van der Waals surface area contributed by atoms with Gasteiger partial charge >= 0.3 is 0 Å². The van der Waals surface area contributed by atoms with Gasteiger partial charge in [-0.25, -0.2) is 0 Å². The topological polar surface area (TPSA) is 52.8 Å². The number of aliphatic imine (C=N–C) groups is 1. The SMILES string of the molecule is Oc1ccc(/C=N/c2ccccc2)cc1O. The largest absolute Gasteiger partial charge is 0.504 e. The zero-order valence-electron chi connectivity index (χ0n) is 8.54. The van der Waals surface area contributed by atoms with Gasteiger partial charge in [-0.05, 0) is 35.9 Å². The maximum Gasteiger partial charge on any atom is 0.158 e. The summed E-state index contributed by atoms with van der Waals surface area (Å²) in [7, 11) is 0. The van der Waals surface area contributed by atoms with Crippen LogP contribution in [0.25, 0.3) is 0 Å². The van der Waals surface area contributed by atoms with Crippen LogP contribution in [-0.4, -0.2) is 16.4 Å². The Kier molecular flexibility index (Phi) is 2.87. The summed E-state index contributed by atoms with van der Waals surface area (Å²) in [5.41, 5.74) is 1.58. The molecule has 2 aromatic carbocycles. The van der Waals surface area contributed by atoms with Gasteiger partial charge in [-0.15, -0.1) is 0 Å². The van der Waals surface area contributed by atoms with Gasteiger partial charge in [-0.2, -0.15) is 0 Å². The lowest BCUT2D eigenvalue weighted by molar-refractivity contribution is 0.403. The second-order valence-electron chi connectivity index (χ2n) is 3.34. The maximum atomic E-state index is 9.29. The van der Waals surface area contributed by atoms with Crippen LogP contribution in [-0.2, 0) is 0 Å². The quantitative estimate of drug-likeness (QED) is 0.595. The van der Waals surface area contributed by atoms with Crippen molar-refractivity contribution in [2.24, 2.45) is 4.99 Å². The van der Waals surface area contributed by atoms with E-state index < -0.39 is 0 Å². The zero-order chi connectivity index (χ0) is 11.4. The lowest BCUT2D eigenvalue weighted by atomic mass is 10.2. The Labute approximate surface area is 93.3 Å². The number of aromatic hydroxyl groups is 2. The molecule has 2 aromatic rings. The number of hydrogen-bond acceptors (Lipinski definition) is 3. The van der Waals surface area contributed by atoms with Crippen LogP contribution in [0.15, 0.2) is 53.5 Å². The Morgan fingerprint density at radius 1 is 0.875 bits per heavy atom. The highest BCUT2D eigenvalue weighted by Gasteiger charge is 1.97. The molecule has 3 nitrogen and oxygen atoms in total. The average Bonchev–Trinajstić information content (AvgIpc) is 2.32. The first-order valence-corrected chi connectivity index (χ1v) is 4.87. The zero-order valence-corrected chi connectivity index (χ0v) is 8.54. The van der Waals surface area contributed by atoms with Gasteiger partial charge in [-0.1, -0.05) is 18.2 Å². The lowest BCUT2D eigenvalue weighted by Crippen LogP contribution is -1.80. The van der Waals surface area contributed by atoms with Crippen molar-refractivity contribution in [1.82, 2.24) is 0 Å². The Bertz CT molecular complexity index is 507. The number of nitrogens with zero attached hydrogens (tertiary/aromatic N) is 1. The molecule has 0 atom stereocenters. The molecule has 0 aliphatic carbocycles. The van der Waals surface area contributed by atoms with Crippen molar-refractivity contribution in [2.45, 2.75) is 0 Å². The molecule has 0 spiro atoms. The standard InChI is InChI=1S/C13H11NO2/c15-12-7-6-10(8-13(12)16)9-14-11-4-2-1-3-5-11/h1-9,15-16H/b14-9+. The molecule has 0 bridgehead atoms. The number of benzene rings is 2. The summed E-state index contributed by atoms with van der Waals surface area (Å²) >= 11 is 0. The van der Waals surface area contributed by atoms with Crippen LogP contribution in [0.4, 0.5) is 5.69 Å². The molecule has 3 heteroatoms. The fourth-order valence-corrected chi connectivity index (χ4v) is 1.28. The Hall–Kier alpha value is -2.29. The van der Waals surface area contributed by atoms with E-state index >= 15 is 0 Å². The molecule has 0 amide bonds. The normalized spacial score (nSPS) is 10.8. The summed E-state index contributed by atoms with van der Waals surface area (Å²) < 4.78 is 0. The van der Waals surface area contributed by atoms with E-state index in [2.05, 4.69) is 4.99 Å². The molecule has 2 N–H and O–H groups in total. The Balaban J connectivity index is 2.21. The fourth-order valence-electron chi connectivity index (χ4n) is 1.28. The molecule has 0 fully saturated rings. The van der Waals surface area contributed by atoms with E-state index in [4.69, 9.17) is 5.11 Å². The number of phenols is 2. The first-order chi connectivity index (χ1) is 7.75. The molecule has 0 saturated carbocycles. The van der Waals surface area contributed by atoms with E-state index in [9.17, 15) is 5.11 Å². The average molecular weight is 213 g/mol. The highest BCUT2D eigenvalue weighted by atomic mass is 16.3. The van der Waals surface area contributed by atoms with Crippen LogP contribution in [0, 0.1) is 0 Å². The summed E-state index contributed by atoms with van der Waals surface area (Å²) in [6.45, 7) is 0. The van der Waals surface area contributed by atoms with Crippen LogP contribution in [0.5, 0.6) is 11.5 Å². The lowest BCUT2D eigenvalue weighted by Gasteiger charge is -1.98. The summed E-state index contributed by atoms with van der Waals surface area (Å²) in [5, 5.41) is 18.4. The van der Waals surface area contributed by atoms with Crippen molar-refractivity contribution in [3.05, 3.63) is 54.1 Å². The molecule has 0 unspecified atom stereocenters. The maximum absolute atomic E-state index is 9.29. The van der Waals surface area contributed by atoms with Crippen LogP contribution >= 0.6 is 0 Å². The first kappa shape index (κ1) is 10.2. The van der Waals surface area contributed by atoms with E-state index in [0.29, 0.717) is 0 Å². The van der Waals surface area contributed by atoms with Crippen LogP contribution in [0.2, 0.25) is 0 Å². The molecular weight excluding hydrogens is 202 g/mol. The Morgan fingerprint density at radius 2 is 1.62 bits per heavy atom. The molecule has 0 aliphatic heterocycles. The third kappa shape index (κ3) is 2.39. The minimum atomic E-state index is -0.142.